The predicted octanol–water partition coefficient (Wildman–Crippen LogP) is 3.84. The molecule has 2 aromatic carbocycles. The van der Waals surface area contributed by atoms with Crippen LogP contribution in [0.5, 0.6) is 0 Å². The van der Waals surface area contributed by atoms with E-state index in [0.29, 0.717) is 18.0 Å². The van der Waals surface area contributed by atoms with Crippen molar-refractivity contribution in [2.45, 2.75) is 62.7 Å². The Bertz CT molecular complexity index is 1350. The van der Waals surface area contributed by atoms with E-state index in [1.165, 1.54) is 0 Å². The summed E-state index contributed by atoms with van der Waals surface area (Å²) < 4.78 is 27.5. The van der Waals surface area contributed by atoms with Gasteiger partial charge in [0.05, 0.1) is 4.90 Å². The van der Waals surface area contributed by atoms with Gasteiger partial charge in [0.15, 0.2) is 0 Å². The molecular formula is C28H31ClN4O4S. The highest BCUT2D eigenvalue weighted by Crippen LogP contribution is 2.22. The molecule has 2 N–H and O–H groups in total. The van der Waals surface area contributed by atoms with Crippen molar-refractivity contribution in [1.82, 2.24) is 19.9 Å². The van der Waals surface area contributed by atoms with E-state index in [9.17, 15) is 18.0 Å². The van der Waals surface area contributed by atoms with Gasteiger partial charge < -0.3 is 10.2 Å². The van der Waals surface area contributed by atoms with Crippen LogP contribution < -0.4 is 10.0 Å². The van der Waals surface area contributed by atoms with Crippen LogP contribution in [0.4, 0.5) is 0 Å². The quantitative estimate of drug-likeness (QED) is 0.353. The first-order chi connectivity index (χ1) is 18.2. The van der Waals surface area contributed by atoms with Gasteiger partial charge in [0, 0.05) is 43.0 Å². The fourth-order valence-corrected chi connectivity index (χ4v) is 5.36. The summed E-state index contributed by atoms with van der Waals surface area (Å²) in [6.45, 7) is 2.30. The largest absolute Gasteiger partial charge is 0.350 e. The number of carbonyl (C=O) groups excluding carboxylic acids is 2. The first-order valence-corrected chi connectivity index (χ1v) is 14.4. The van der Waals surface area contributed by atoms with Crippen LogP contribution in [0, 0.1) is 0 Å². The van der Waals surface area contributed by atoms with E-state index in [1.807, 2.05) is 24.3 Å². The van der Waals surface area contributed by atoms with E-state index in [2.05, 4.69) is 15.0 Å². The minimum Gasteiger partial charge on any atom is -0.350 e. The third-order valence-corrected chi connectivity index (χ3v) is 8.20. The van der Waals surface area contributed by atoms with Crippen molar-refractivity contribution in [3.63, 3.8) is 0 Å². The Kier molecular flexibility index (Phi) is 9.14. The van der Waals surface area contributed by atoms with Crippen LogP contribution in [-0.2, 0) is 39.1 Å². The highest BCUT2D eigenvalue weighted by Gasteiger charge is 2.28. The molecule has 0 spiro atoms. The minimum absolute atomic E-state index is 0.0350. The lowest BCUT2D eigenvalue weighted by Crippen LogP contribution is -2.47. The molecule has 1 aromatic heterocycles. The Morgan fingerprint density at radius 1 is 0.974 bits per heavy atom. The van der Waals surface area contributed by atoms with E-state index in [-0.39, 0.29) is 35.7 Å². The number of nitrogens with zero attached hydrogens (tertiary/aromatic N) is 2. The fourth-order valence-electron chi connectivity index (χ4n) is 3.93. The number of pyridine rings is 1. The van der Waals surface area contributed by atoms with Crippen molar-refractivity contribution in [3.05, 3.63) is 94.8 Å². The second-order valence-corrected chi connectivity index (χ2v) is 11.6. The SMILES string of the molecule is CC(C(=O)NCc1ccncc1)N(Cc1ccc(Cl)cc1)C(=O)CCc1ccc(S(=O)(=O)NC2CC2)cc1. The second-order valence-electron chi connectivity index (χ2n) is 9.44. The number of aromatic nitrogens is 1. The maximum atomic E-state index is 13.4. The molecule has 1 unspecified atom stereocenters. The highest BCUT2D eigenvalue weighted by molar-refractivity contribution is 7.89. The number of rotatable bonds is 12. The Balaban J connectivity index is 1.41. The van der Waals surface area contributed by atoms with Gasteiger partial charge in [-0.1, -0.05) is 35.9 Å². The molecule has 10 heteroatoms. The predicted molar refractivity (Wildman–Crippen MR) is 146 cm³/mol. The van der Waals surface area contributed by atoms with Gasteiger partial charge in [-0.25, -0.2) is 13.1 Å². The van der Waals surface area contributed by atoms with Crippen molar-refractivity contribution in [1.29, 1.82) is 0 Å². The normalized spacial score (nSPS) is 14.1. The summed E-state index contributed by atoms with van der Waals surface area (Å²) in [7, 11) is -3.53. The van der Waals surface area contributed by atoms with Gasteiger partial charge in [-0.05, 0) is 79.3 Å². The number of hydrogen-bond acceptors (Lipinski definition) is 5. The monoisotopic (exact) mass is 554 g/mol. The highest BCUT2D eigenvalue weighted by atomic mass is 35.5. The van der Waals surface area contributed by atoms with Crippen molar-refractivity contribution in [3.8, 4) is 0 Å². The van der Waals surface area contributed by atoms with E-state index in [4.69, 9.17) is 11.6 Å². The summed E-state index contributed by atoms with van der Waals surface area (Å²) >= 11 is 6.02. The molecule has 0 saturated heterocycles. The summed E-state index contributed by atoms with van der Waals surface area (Å²) in [5.41, 5.74) is 2.60. The third kappa shape index (κ3) is 7.86. The molecule has 1 aliphatic carbocycles. The van der Waals surface area contributed by atoms with Gasteiger partial charge in [0.25, 0.3) is 0 Å². The molecule has 0 aliphatic heterocycles. The first kappa shape index (κ1) is 27.8. The van der Waals surface area contributed by atoms with Crippen molar-refractivity contribution in [2.24, 2.45) is 0 Å². The zero-order chi connectivity index (χ0) is 27.1. The summed E-state index contributed by atoms with van der Waals surface area (Å²) in [6.07, 6.45) is 5.64. The lowest BCUT2D eigenvalue weighted by atomic mass is 10.1. The van der Waals surface area contributed by atoms with Gasteiger partial charge in [0.2, 0.25) is 21.8 Å². The fraction of sp³-hybridized carbons (Fsp3) is 0.321. The van der Waals surface area contributed by atoms with Crippen LogP contribution in [0.25, 0.3) is 0 Å². The maximum Gasteiger partial charge on any atom is 0.242 e. The molecule has 1 saturated carbocycles. The minimum atomic E-state index is -3.53. The molecule has 0 radical (unpaired) electrons. The molecule has 1 atom stereocenters. The van der Waals surface area contributed by atoms with Gasteiger partial charge >= 0.3 is 0 Å². The Hall–Kier alpha value is -3.27. The standard InChI is InChI=1S/C28H31ClN4O4S/c1-20(28(35)31-18-22-14-16-30-17-15-22)33(19-23-2-7-24(29)8-3-23)27(34)13-6-21-4-11-26(12-5-21)38(36,37)32-25-9-10-25/h2-5,7-8,11-12,14-17,20,25,32H,6,9-10,13,18-19H2,1H3,(H,31,35). The number of aryl methyl sites for hydroxylation is 1. The molecule has 4 rings (SSSR count). The number of amides is 2. The molecule has 200 valence electrons. The summed E-state index contributed by atoms with van der Waals surface area (Å²) in [4.78, 5) is 32.1. The van der Waals surface area contributed by atoms with Crippen LogP contribution in [-0.4, -0.2) is 42.2 Å². The number of hydrogen-bond donors (Lipinski definition) is 2. The lowest BCUT2D eigenvalue weighted by molar-refractivity contribution is -0.140. The number of carbonyl (C=O) groups is 2. The average Bonchev–Trinajstić information content (AvgIpc) is 3.74. The van der Waals surface area contributed by atoms with Crippen molar-refractivity contribution < 1.29 is 18.0 Å². The molecule has 38 heavy (non-hydrogen) atoms. The number of benzene rings is 2. The third-order valence-electron chi connectivity index (χ3n) is 6.41. The maximum absolute atomic E-state index is 13.4. The molecule has 0 bridgehead atoms. The van der Waals surface area contributed by atoms with E-state index >= 15 is 0 Å². The zero-order valence-electron chi connectivity index (χ0n) is 21.1. The molecule has 1 heterocycles. The van der Waals surface area contributed by atoms with Crippen LogP contribution in [0.3, 0.4) is 0 Å². The summed E-state index contributed by atoms with van der Waals surface area (Å²) in [6, 6.07) is 16.7. The molecule has 1 fully saturated rings. The van der Waals surface area contributed by atoms with E-state index in [0.717, 1.165) is 29.5 Å². The molecular weight excluding hydrogens is 524 g/mol. The molecule has 2 amide bonds. The number of nitrogens with one attached hydrogen (secondary N) is 2. The summed E-state index contributed by atoms with van der Waals surface area (Å²) in [5, 5.41) is 3.49. The Labute approximate surface area is 228 Å². The van der Waals surface area contributed by atoms with E-state index in [1.54, 1.807) is 60.6 Å². The molecule has 8 nitrogen and oxygen atoms in total. The van der Waals surface area contributed by atoms with E-state index < -0.39 is 16.1 Å². The van der Waals surface area contributed by atoms with Gasteiger partial charge in [-0.15, -0.1) is 0 Å². The van der Waals surface area contributed by atoms with Crippen molar-refractivity contribution in [2.75, 3.05) is 0 Å². The Morgan fingerprint density at radius 2 is 1.61 bits per heavy atom. The van der Waals surface area contributed by atoms with Gasteiger partial charge in [-0.3, -0.25) is 14.6 Å². The van der Waals surface area contributed by atoms with Crippen LogP contribution in [0.2, 0.25) is 5.02 Å². The van der Waals surface area contributed by atoms with Gasteiger partial charge in [0.1, 0.15) is 6.04 Å². The first-order valence-electron chi connectivity index (χ1n) is 12.5. The topological polar surface area (TPSA) is 108 Å². The van der Waals surface area contributed by atoms with Crippen LogP contribution in [0.1, 0.15) is 42.9 Å². The molecule has 1 aliphatic rings. The number of halogens is 1. The van der Waals surface area contributed by atoms with Crippen molar-refractivity contribution >= 4 is 33.4 Å². The van der Waals surface area contributed by atoms with Crippen LogP contribution in [0.15, 0.2) is 78.0 Å². The Morgan fingerprint density at radius 3 is 2.24 bits per heavy atom. The molecule has 3 aromatic rings. The van der Waals surface area contributed by atoms with Crippen LogP contribution >= 0.6 is 11.6 Å². The summed E-state index contributed by atoms with van der Waals surface area (Å²) in [5.74, 6) is -0.444. The second kappa shape index (κ2) is 12.5. The zero-order valence-corrected chi connectivity index (χ0v) is 22.7. The lowest BCUT2D eigenvalue weighted by Gasteiger charge is -2.29. The average molecular weight is 555 g/mol. The smallest absolute Gasteiger partial charge is 0.242 e. The van der Waals surface area contributed by atoms with Gasteiger partial charge in [-0.2, -0.15) is 0 Å². The number of sulfonamides is 1.